The Kier molecular flexibility index (Phi) is 4.66. The number of aromatic amines is 1. The maximum absolute atomic E-state index is 12.5. The monoisotopic (exact) mass is 342 g/mol. The van der Waals surface area contributed by atoms with Crippen LogP contribution in [0, 0.1) is 13.8 Å². The van der Waals surface area contributed by atoms with Gasteiger partial charge in [-0.25, -0.2) is 4.98 Å². The second-order valence-electron chi connectivity index (χ2n) is 6.24. The molecule has 3 aromatic rings. The number of rotatable bonds is 5. The van der Waals surface area contributed by atoms with Gasteiger partial charge in [0, 0.05) is 23.7 Å². The number of aryl methyl sites for hydroxylation is 2. The van der Waals surface area contributed by atoms with Gasteiger partial charge in [-0.3, -0.25) is 9.89 Å². The summed E-state index contributed by atoms with van der Waals surface area (Å²) in [6.45, 7) is 8.47. The molecule has 2 aromatic heterocycles. The molecule has 6 heteroatoms. The number of amides is 1. The van der Waals surface area contributed by atoms with Gasteiger partial charge in [0.1, 0.15) is 0 Å². The third-order valence-corrected chi connectivity index (χ3v) is 5.59. The maximum atomic E-state index is 12.5. The number of nitrogens with one attached hydrogen (secondary N) is 2. The Balaban J connectivity index is 1.65. The summed E-state index contributed by atoms with van der Waals surface area (Å²) in [5.41, 5.74) is 3.84. The van der Waals surface area contributed by atoms with Crippen molar-refractivity contribution in [2.45, 2.75) is 39.5 Å². The number of nitrogens with zero attached hydrogens (tertiary/aromatic N) is 2. The minimum Gasteiger partial charge on any atom is -0.355 e. The molecular weight excluding hydrogens is 320 g/mol. The average molecular weight is 342 g/mol. The molecule has 2 heterocycles. The molecule has 1 amide bonds. The highest BCUT2D eigenvalue weighted by molar-refractivity contribution is 7.18. The van der Waals surface area contributed by atoms with Crippen molar-refractivity contribution in [3.8, 4) is 0 Å². The summed E-state index contributed by atoms with van der Waals surface area (Å²) < 4.78 is 1.18. The number of aromatic nitrogens is 3. The maximum Gasteiger partial charge on any atom is 0.227 e. The van der Waals surface area contributed by atoms with Crippen molar-refractivity contribution >= 4 is 27.5 Å². The highest BCUT2D eigenvalue weighted by atomic mass is 32.1. The molecule has 0 aliphatic heterocycles. The standard InChI is InChI=1S/C18H22N4OS/c1-10(18-20-14-7-5-6-8-15(14)24-18)9-19-17(23)11(2)16-12(3)21-22-13(16)4/h5-8,10-11H,9H2,1-4H3,(H,19,23)(H,21,22)/t10-,11-/m0/s1. The molecule has 5 nitrogen and oxygen atoms in total. The van der Waals surface area contributed by atoms with E-state index in [1.54, 1.807) is 11.3 Å². The van der Waals surface area contributed by atoms with E-state index in [9.17, 15) is 4.79 Å². The lowest BCUT2D eigenvalue weighted by molar-refractivity contribution is -0.122. The molecule has 0 saturated carbocycles. The van der Waals surface area contributed by atoms with Gasteiger partial charge in [0.2, 0.25) is 5.91 Å². The van der Waals surface area contributed by atoms with Crippen molar-refractivity contribution in [3.63, 3.8) is 0 Å². The Morgan fingerprint density at radius 2 is 2.04 bits per heavy atom. The fraction of sp³-hybridized carbons (Fsp3) is 0.389. The van der Waals surface area contributed by atoms with Gasteiger partial charge in [0.05, 0.1) is 26.8 Å². The summed E-state index contributed by atoms with van der Waals surface area (Å²) in [4.78, 5) is 17.1. The summed E-state index contributed by atoms with van der Waals surface area (Å²) >= 11 is 1.69. The minimum atomic E-state index is -0.216. The summed E-state index contributed by atoms with van der Waals surface area (Å²) in [5, 5.41) is 11.2. The van der Waals surface area contributed by atoms with E-state index in [0.717, 1.165) is 27.5 Å². The molecule has 0 fully saturated rings. The zero-order chi connectivity index (χ0) is 17.3. The fourth-order valence-electron chi connectivity index (χ4n) is 2.92. The summed E-state index contributed by atoms with van der Waals surface area (Å²) in [7, 11) is 0. The zero-order valence-electron chi connectivity index (χ0n) is 14.4. The highest BCUT2D eigenvalue weighted by Gasteiger charge is 2.22. The fourth-order valence-corrected chi connectivity index (χ4v) is 3.94. The van der Waals surface area contributed by atoms with Crippen LogP contribution in [0.2, 0.25) is 0 Å². The van der Waals surface area contributed by atoms with Gasteiger partial charge >= 0.3 is 0 Å². The molecule has 2 atom stereocenters. The molecule has 2 N–H and O–H groups in total. The van der Waals surface area contributed by atoms with Crippen LogP contribution in [0.25, 0.3) is 10.2 Å². The van der Waals surface area contributed by atoms with Crippen LogP contribution in [0.15, 0.2) is 24.3 Å². The van der Waals surface area contributed by atoms with Crippen molar-refractivity contribution < 1.29 is 4.79 Å². The van der Waals surface area contributed by atoms with E-state index in [0.29, 0.717) is 6.54 Å². The van der Waals surface area contributed by atoms with Gasteiger partial charge in [-0.15, -0.1) is 11.3 Å². The number of hydrogen-bond donors (Lipinski definition) is 2. The van der Waals surface area contributed by atoms with Crippen LogP contribution in [0.4, 0.5) is 0 Å². The van der Waals surface area contributed by atoms with Crippen LogP contribution in [0.3, 0.4) is 0 Å². The van der Waals surface area contributed by atoms with Crippen molar-refractivity contribution in [1.82, 2.24) is 20.5 Å². The topological polar surface area (TPSA) is 70.7 Å². The average Bonchev–Trinajstić information content (AvgIpc) is 3.15. The second kappa shape index (κ2) is 6.73. The van der Waals surface area contributed by atoms with E-state index >= 15 is 0 Å². The van der Waals surface area contributed by atoms with Crippen LogP contribution in [-0.2, 0) is 4.79 Å². The number of carbonyl (C=O) groups is 1. The van der Waals surface area contributed by atoms with Gasteiger partial charge in [-0.05, 0) is 32.9 Å². The Labute approximate surface area is 145 Å². The number of para-hydroxylation sites is 1. The Morgan fingerprint density at radius 3 is 2.71 bits per heavy atom. The Bertz CT molecular complexity index is 814. The summed E-state index contributed by atoms with van der Waals surface area (Å²) in [5.74, 6) is -0.00743. The second-order valence-corrected chi connectivity index (χ2v) is 7.30. The number of H-pyrrole nitrogens is 1. The number of hydrogen-bond acceptors (Lipinski definition) is 4. The van der Waals surface area contributed by atoms with E-state index in [2.05, 4.69) is 33.5 Å². The molecule has 126 valence electrons. The molecule has 24 heavy (non-hydrogen) atoms. The third kappa shape index (κ3) is 3.19. The number of carbonyl (C=O) groups excluding carboxylic acids is 1. The van der Waals surface area contributed by atoms with Crippen LogP contribution < -0.4 is 5.32 Å². The van der Waals surface area contributed by atoms with Crippen molar-refractivity contribution in [1.29, 1.82) is 0 Å². The SMILES string of the molecule is Cc1n[nH]c(C)c1[C@H](C)C(=O)NC[C@H](C)c1nc2ccccc2s1. The van der Waals surface area contributed by atoms with E-state index in [4.69, 9.17) is 0 Å². The van der Waals surface area contributed by atoms with Crippen LogP contribution in [0.5, 0.6) is 0 Å². The lowest BCUT2D eigenvalue weighted by atomic mass is 9.98. The summed E-state index contributed by atoms with van der Waals surface area (Å²) in [6, 6.07) is 8.12. The predicted molar refractivity (Wildman–Crippen MR) is 97.5 cm³/mol. The quantitative estimate of drug-likeness (QED) is 0.743. The van der Waals surface area contributed by atoms with Crippen LogP contribution in [0.1, 0.15) is 47.6 Å². The first-order valence-electron chi connectivity index (χ1n) is 8.12. The van der Waals surface area contributed by atoms with Gasteiger partial charge in [-0.1, -0.05) is 19.1 Å². The van der Waals surface area contributed by atoms with Crippen molar-refractivity contribution in [2.24, 2.45) is 0 Å². The number of benzene rings is 1. The minimum absolute atomic E-state index is 0.0237. The van der Waals surface area contributed by atoms with E-state index < -0.39 is 0 Å². The van der Waals surface area contributed by atoms with Gasteiger partial charge in [0.25, 0.3) is 0 Å². The molecule has 0 aliphatic rings. The molecule has 0 aliphatic carbocycles. The van der Waals surface area contributed by atoms with Gasteiger partial charge in [-0.2, -0.15) is 5.10 Å². The van der Waals surface area contributed by atoms with E-state index in [1.165, 1.54) is 4.70 Å². The molecule has 3 rings (SSSR count). The van der Waals surface area contributed by atoms with E-state index in [-0.39, 0.29) is 17.7 Å². The zero-order valence-corrected chi connectivity index (χ0v) is 15.2. The third-order valence-electron chi connectivity index (χ3n) is 4.33. The normalized spacial score (nSPS) is 13.8. The molecule has 0 spiro atoms. The van der Waals surface area contributed by atoms with Crippen LogP contribution >= 0.6 is 11.3 Å². The summed E-state index contributed by atoms with van der Waals surface area (Å²) in [6.07, 6.45) is 0. The lowest BCUT2D eigenvalue weighted by Crippen LogP contribution is -2.31. The first-order chi connectivity index (χ1) is 11.5. The first-order valence-corrected chi connectivity index (χ1v) is 8.93. The van der Waals surface area contributed by atoms with Gasteiger partial charge in [0.15, 0.2) is 0 Å². The van der Waals surface area contributed by atoms with Crippen molar-refractivity contribution in [3.05, 3.63) is 46.2 Å². The molecule has 0 bridgehead atoms. The van der Waals surface area contributed by atoms with Crippen molar-refractivity contribution in [2.75, 3.05) is 6.54 Å². The van der Waals surface area contributed by atoms with Crippen LogP contribution in [-0.4, -0.2) is 27.6 Å². The van der Waals surface area contributed by atoms with Gasteiger partial charge < -0.3 is 5.32 Å². The molecule has 0 saturated heterocycles. The molecule has 1 aromatic carbocycles. The Hall–Kier alpha value is -2.21. The predicted octanol–water partition coefficient (Wildman–Crippen LogP) is 3.66. The lowest BCUT2D eigenvalue weighted by Gasteiger charge is -2.15. The smallest absolute Gasteiger partial charge is 0.227 e. The molecule has 0 radical (unpaired) electrons. The van der Waals surface area contributed by atoms with E-state index in [1.807, 2.05) is 39.0 Å². The largest absolute Gasteiger partial charge is 0.355 e. The molecule has 0 unspecified atom stereocenters. The Morgan fingerprint density at radius 1 is 1.29 bits per heavy atom. The molecular formula is C18H22N4OS. The highest BCUT2D eigenvalue weighted by Crippen LogP contribution is 2.27. The number of thiazole rings is 1. The first kappa shape index (κ1) is 16.6. The number of fused-ring (bicyclic) bond motifs is 1.